The van der Waals surface area contributed by atoms with Crippen molar-refractivity contribution >= 4 is 17.0 Å². The van der Waals surface area contributed by atoms with Crippen LogP contribution in [-0.4, -0.2) is 11.7 Å². The summed E-state index contributed by atoms with van der Waals surface area (Å²) in [5.41, 5.74) is 0. The van der Waals surface area contributed by atoms with Gasteiger partial charge in [-0.05, 0) is 5.92 Å². The van der Waals surface area contributed by atoms with Crippen LogP contribution >= 0.6 is 17.0 Å². The van der Waals surface area contributed by atoms with E-state index in [1.165, 1.54) is 0 Å². The minimum atomic E-state index is 0. The van der Waals surface area contributed by atoms with Crippen molar-refractivity contribution in [3.05, 3.63) is 0 Å². The predicted octanol–water partition coefficient (Wildman–Crippen LogP) is 1.21. The number of hydrogen-bond acceptors (Lipinski definition) is 1. The highest BCUT2D eigenvalue weighted by Crippen LogP contribution is 1.83. The van der Waals surface area contributed by atoms with E-state index in [0.717, 1.165) is 0 Å². The average Bonchev–Trinajstić information content (AvgIpc) is 1.38. The number of aliphatic hydroxyl groups excluding tert-OH is 1. The largest absolute Gasteiger partial charge is 0.396 e. The standard InChI is InChI=1S/C4H10O.BrH/c1-4(2)3-5;/h4-5H,3H2,1-2H3;1H. The lowest BCUT2D eigenvalue weighted by atomic mass is 10.2. The molecule has 0 amide bonds. The van der Waals surface area contributed by atoms with E-state index in [1.807, 2.05) is 13.8 Å². The smallest absolute Gasteiger partial charge is 0.0453 e. The van der Waals surface area contributed by atoms with Crippen molar-refractivity contribution in [3.8, 4) is 0 Å². The van der Waals surface area contributed by atoms with E-state index < -0.39 is 0 Å². The summed E-state index contributed by atoms with van der Waals surface area (Å²) in [5, 5.41) is 8.14. The quantitative estimate of drug-likeness (QED) is 0.603. The summed E-state index contributed by atoms with van der Waals surface area (Å²) in [4.78, 5) is 0. The van der Waals surface area contributed by atoms with E-state index in [2.05, 4.69) is 0 Å². The number of hydrogen-bond donors (Lipinski definition) is 1. The molecule has 0 bridgehead atoms. The Morgan fingerprint density at radius 3 is 1.67 bits per heavy atom. The second-order valence-electron chi connectivity index (χ2n) is 1.58. The molecule has 0 aliphatic heterocycles. The molecule has 2 heteroatoms. The first kappa shape index (κ1) is 9.67. The Bertz CT molecular complexity index is 21.5. The van der Waals surface area contributed by atoms with Crippen LogP contribution in [0.25, 0.3) is 0 Å². The van der Waals surface area contributed by atoms with E-state index in [1.54, 1.807) is 0 Å². The van der Waals surface area contributed by atoms with Crippen molar-refractivity contribution in [1.29, 1.82) is 0 Å². The topological polar surface area (TPSA) is 20.2 Å². The lowest BCUT2D eigenvalue weighted by molar-refractivity contribution is 0.248. The third kappa shape index (κ3) is 8.83. The van der Waals surface area contributed by atoms with Gasteiger partial charge in [0, 0.05) is 6.61 Å². The van der Waals surface area contributed by atoms with Crippen molar-refractivity contribution < 1.29 is 5.11 Å². The molecule has 40 valence electrons. The SMILES string of the molecule is Br.CC(C)CO. The zero-order valence-corrected chi connectivity index (χ0v) is 5.85. The highest BCUT2D eigenvalue weighted by molar-refractivity contribution is 8.93. The fourth-order valence-electron chi connectivity index (χ4n) is 0. The summed E-state index contributed by atoms with van der Waals surface area (Å²) >= 11 is 0. The molecule has 1 N–H and O–H groups in total. The molecule has 0 fully saturated rings. The maximum absolute atomic E-state index is 8.14. The first-order valence-corrected chi connectivity index (χ1v) is 1.88. The second kappa shape index (κ2) is 5.44. The van der Waals surface area contributed by atoms with Crippen molar-refractivity contribution in [2.75, 3.05) is 6.61 Å². The van der Waals surface area contributed by atoms with Gasteiger partial charge in [-0.3, -0.25) is 0 Å². The zero-order valence-electron chi connectivity index (χ0n) is 4.14. The third-order valence-electron chi connectivity index (χ3n) is 0.365. The van der Waals surface area contributed by atoms with Gasteiger partial charge < -0.3 is 5.11 Å². The Balaban J connectivity index is 0. The summed E-state index contributed by atoms with van der Waals surface area (Å²) < 4.78 is 0. The first-order valence-electron chi connectivity index (χ1n) is 1.88. The van der Waals surface area contributed by atoms with Crippen LogP contribution in [0.15, 0.2) is 0 Å². The van der Waals surface area contributed by atoms with Crippen LogP contribution in [0.2, 0.25) is 0 Å². The van der Waals surface area contributed by atoms with Gasteiger partial charge in [0.1, 0.15) is 0 Å². The van der Waals surface area contributed by atoms with Crippen LogP contribution in [0.1, 0.15) is 13.8 Å². The molecule has 0 radical (unpaired) electrons. The second-order valence-corrected chi connectivity index (χ2v) is 1.58. The van der Waals surface area contributed by atoms with Gasteiger partial charge in [-0.1, -0.05) is 13.8 Å². The number of aliphatic hydroxyl groups is 1. The molecule has 6 heavy (non-hydrogen) atoms. The molecule has 0 aromatic rings. The lowest BCUT2D eigenvalue weighted by Gasteiger charge is -1.90. The molecule has 0 spiro atoms. The molecule has 0 aromatic heterocycles. The molecule has 0 rings (SSSR count). The normalized spacial score (nSPS) is 8.00. The molecular formula is C4H11BrO. The van der Waals surface area contributed by atoms with E-state index in [4.69, 9.17) is 5.11 Å². The van der Waals surface area contributed by atoms with E-state index in [0.29, 0.717) is 12.5 Å². The lowest BCUT2D eigenvalue weighted by Crippen LogP contribution is -1.90. The molecule has 1 nitrogen and oxygen atoms in total. The Hall–Kier alpha value is 0.440. The van der Waals surface area contributed by atoms with Crippen LogP contribution in [0.3, 0.4) is 0 Å². The number of halogens is 1. The fourth-order valence-corrected chi connectivity index (χ4v) is 0. The van der Waals surface area contributed by atoms with Crippen molar-refractivity contribution in [1.82, 2.24) is 0 Å². The minimum Gasteiger partial charge on any atom is -0.396 e. The molecule has 0 heterocycles. The van der Waals surface area contributed by atoms with Crippen LogP contribution in [0, 0.1) is 5.92 Å². The van der Waals surface area contributed by atoms with Gasteiger partial charge in [0.05, 0.1) is 0 Å². The Morgan fingerprint density at radius 2 is 1.67 bits per heavy atom. The van der Waals surface area contributed by atoms with Gasteiger partial charge in [-0.2, -0.15) is 0 Å². The van der Waals surface area contributed by atoms with Gasteiger partial charge >= 0.3 is 0 Å². The van der Waals surface area contributed by atoms with Gasteiger partial charge in [0.15, 0.2) is 0 Å². The van der Waals surface area contributed by atoms with Crippen LogP contribution in [0.5, 0.6) is 0 Å². The van der Waals surface area contributed by atoms with Crippen molar-refractivity contribution in [3.63, 3.8) is 0 Å². The van der Waals surface area contributed by atoms with Crippen LogP contribution in [-0.2, 0) is 0 Å². The highest BCUT2D eigenvalue weighted by atomic mass is 79.9. The molecule has 0 aliphatic carbocycles. The predicted molar refractivity (Wildman–Crippen MR) is 32.2 cm³/mol. The summed E-state index contributed by atoms with van der Waals surface area (Å²) in [7, 11) is 0. The van der Waals surface area contributed by atoms with Gasteiger partial charge in [-0.15, -0.1) is 17.0 Å². The van der Waals surface area contributed by atoms with Crippen LogP contribution < -0.4 is 0 Å². The first-order chi connectivity index (χ1) is 2.27. The fraction of sp³-hybridized carbons (Fsp3) is 1.00. The van der Waals surface area contributed by atoms with Gasteiger partial charge in [0.2, 0.25) is 0 Å². The maximum Gasteiger partial charge on any atom is 0.0453 e. The summed E-state index contributed by atoms with van der Waals surface area (Å²) in [5.74, 6) is 0.440. The molecule has 0 saturated heterocycles. The molecule has 0 aliphatic rings. The summed E-state index contributed by atoms with van der Waals surface area (Å²) in [6, 6.07) is 0. The van der Waals surface area contributed by atoms with Crippen molar-refractivity contribution in [2.45, 2.75) is 13.8 Å². The summed E-state index contributed by atoms with van der Waals surface area (Å²) in [6.45, 7) is 4.25. The number of rotatable bonds is 1. The summed E-state index contributed by atoms with van der Waals surface area (Å²) in [6.07, 6.45) is 0. The Morgan fingerprint density at radius 1 is 1.50 bits per heavy atom. The minimum absolute atomic E-state index is 0. The maximum atomic E-state index is 8.14. The monoisotopic (exact) mass is 154 g/mol. The molecule has 0 aromatic carbocycles. The Kier molecular flexibility index (Phi) is 8.77. The third-order valence-corrected chi connectivity index (χ3v) is 0.365. The van der Waals surface area contributed by atoms with Gasteiger partial charge in [-0.25, -0.2) is 0 Å². The van der Waals surface area contributed by atoms with Crippen LogP contribution in [0.4, 0.5) is 0 Å². The zero-order chi connectivity index (χ0) is 4.28. The van der Waals surface area contributed by atoms with E-state index in [-0.39, 0.29) is 17.0 Å². The molecule has 0 saturated carbocycles. The molecule has 0 unspecified atom stereocenters. The van der Waals surface area contributed by atoms with Gasteiger partial charge in [0.25, 0.3) is 0 Å². The van der Waals surface area contributed by atoms with E-state index in [9.17, 15) is 0 Å². The average molecular weight is 155 g/mol. The molecule has 0 atom stereocenters. The molecular weight excluding hydrogens is 144 g/mol. The Labute approximate surface area is 49.1 Å². The highest BCUT2D eigenvalue weighted by Gasteiger charge is 1.81. The van der Waals surface area contributed by atoms with Crippen molar-refractivity contribution in [2.24, 2.45) is 5.92 Å². The van der Waals surface area contributed by atoms with E-state index >= 15 is 0 Å².